The minimum absolute atomic E-state index is 0.0242. The van der Waals surface area contributed by atoms with Crippen molar-refractivity contribution >= 4 is 35.3 Å². The number of hydrogen-bond donors (Lipinski definition) is 2. The SMILES string of the molecule is Nc1nc(Cl)c(C=CCNC(=O)OCC2c3ccccc3-c3ccccc32)cc1[N+](=O)[O-]. The van der Waals surface area contributed by atoms with Gasteiger partial charge in [-0.25, -0.2) is 9.78 Å². The van der Waals surface area contributed by atoms with E-state index >= 15 is 0 Å². The second kappa shape index (κ2) is 9.07. The summed E-state index contributed by atoms with van der Waals surface area (Å²) in [4.78, 5) is 26.3. The van der Waals surface area contributed by atoms with Crippen LogP contribution in [0.1, 0.15) is 22.6 Å². The van der Waals surface area contributed by atoms with Gasteiger partial charge in [0, 0.05) is 24.1 Å². The summed E-state index contributed by atoms with van der Waals surface area (Å²) < 4.78 is 5.45. The number of amides is 1. The maximum absolute atomic E-state index is 12.2. The summed E-state index contributed by atoms with van der Waals surface area (Å²) in [5.41, 5.74) is 10.1. The van der Waals surface area contributed by atoms with Crippen molar-refractivity contribution in [1.82, 2.24) is 10.3 Å². The zero-order chi connectivity index (χ0) is 22.7. The molecule has 0 saturated heterocycles. The Bertz CT molecular complexity index is 1180. The van der Waals surface area contributed by atoms with Gasteiger partial charge in [-0.2, -0.15) is 0 Å². The van der Waals surface area contributed by atoms with Crippen LogP contribution >= 0.6 is 11.6 Å². The molecule has 0 saturated carbocycles. The average Bonchev–Trinajstić information content (AvgIpc) is 3.10. The average molecular weight is 451 g/mol. The first kappa shape index (κ1) is 21.3. The van der Waals surface area contributed by atoms with Crippen LogP contribution in [0.3, 0.4) is 0 Å². The van der Waals surface area contributed by atoms with E-state index in [1.807, 2.05) is 36.4 Å². The van der Waals surface area contributed by atoms with Crippen LogP contribution in [0.25, 0.3) is 17.2 Å². The lowest BCUT2D eigenvalue weighted by Gasteiger charge is -2.14. The number of nitrogens with one attached hydrogen (secondary N) is 1. The first-order valence-electron chi connectivity index (χ1n) is 9.81. The molecule has 0 atom stereocenters. The van der Waals surface area contributed by atoms with Crippen LogP contribution in [-0.2, 0) is 4.74 Å². The molecule has 0 fully saturated rings. The molecular formula is C23H19ClN4O4. The Kier molecular flexibility index (Phi) is 6.04. The number of halogens is 1. The number of anilines is 1. The van der Waals surface area contributed by atoms with E-state index in [4.69, 9.17) is 22.1 Å². The molecule has 0 radical (unpaired) electrons. The number of nitrogens with zero attached hydrogens (tertiary/aromatic N) is 2. The first-order chi connectivity index (χ1) is 15.5. The number of rotatable bonds is 6. The predicted octanol–water partition coefficient (Wildman–Crippen LogP) is 4.78. The van der Waals surface area contributed by atoms with E-state index in [1.54, 1.807) is 6.08 Å². The van der Waals surface area contributed by atoms with Crippen molar-refractivity contribution in [2.45, 2.75) is 5.92 Å². The molecule has 1 aliphatic carbocycles. The Morgan fingerprint density at radius 1 is 1.19 bits per heavy atom. The van der Waals surface area contributed by atoms with Crippen LogP contribution in [0, 0.1) is 10.1 Å². The second-order valence-electron chi connectivity index (χ2n) is 7.14. The lowest BCUT2D eigenvalue weighted by atomic mass is 9.98. The number of hydrogen-bond acceptors (Lipinski definition) is 6. The highest BCUT2D eigenvalue weighted by Gasteiger charge is 2.28. The molecular weight excluding hydrogens is 432 g/mol. The summed E-state index contributed by atoms with van der Waals surface area (Å²) in [6.07, 6.45) is 2.54. The summed E-state index contributed by atoms with van der Waals surface area (Å²) in [7, 11) is 0. The molecule has 1 aromatic heterocycles. The van der Waals surface area contributed by atoms with E-state index in [2.05, 4.69) is 22.4 Å². The third kappa shape index (κ3) is 4.26. The van der Waals surface area contributed by atoms with Crippen LogP contribution in [0.4, 0.5) is 16.3 Å². The third-order valence-corrected chi connectivity index (χ3v) is 5.52. The minimum Gasteiger partial charge on any atom is -0.449 e. The van der Waals surface area contributed by atoms with Gasteiger partial charge in [0.05, 0.1) is 4.92 Å². The van der Waals surface area contributed by atoms with Crippen LogP contribution in [0.15, 0.2) is 60.7 Å². The molecule has 0 bridgehead atoms. The van der Waals surface area contributed by atoms with Gasteiger partial charge in [0.25, 0.3) is 0 Å². The molecule has 1 heterocycles. The molecule has 2 aromatic carbocycles. The van der Waals surface area contributed by atoms with Crippen molar-refractivity contribution in [2.75, 3.05) is 18.9 Å². The second-order valence-corrected chi connectivity index (χ2v) is 7.50. The number of alkyl carbamates (subject to hydrolysis) is 1. The number of pyridine rings is 1. The zero-order valence-corrected chi connectivity index (χ0v) is 17.6. The molecule has 32 heavy (non-hydrogen) atoms. The van der Waals surface area contributed by atoms with Crippen LogP contribution < -0.4 is 11.1 Å². The highest BCUT2D eigenvalue weighted by atomic mass is 35.5. The van der Waals surface area contributed by atoms with E-state index in [-0.39, 0.29) is 35.7 Å². The molecule has 3 N–H and O–H groups in total. The third-order valence-electron chi connectivity index (χ3n) is 5.21. The number of ether oxygens (including phenoxy) is 1. The molecule has 8 nitrogen and oxygen atoms in total. The number of fused-ring (bicyclic) bond motifs is 3. The molecule has 9 heteroatoms. The van der Waals surface area contributed by atoms with Crippen LogP contribution in [-0.4, -0.2) is 29.2 Å². The van der Waals surface area contributed by atoms with Crippen molar-refractivity contribution in [3.8, 4) is 11.1 Å². The maximum atomic E-state index is 12.2. The number of carbonyl (C=O) groups is 1. The van der Waals surface area contributed by atoms with E-state index < -0.39 is 11.0 Å². The number of benzene rings is 2. The number of aromatic nitrogens is 1. The number of carbonyl (C=O) groups excluding carboxylic acids is 1. The normalized spacial score (nSPS) is 12.4. The van der Waals surface area contributed by atoms with Gasteiger partial charge in [-0.1, -0.05) is 72.3 Å². The highest BCUT2D eigenvalue weighted by molar-refractivity contribution is 6.31. The quantitative estimate of drug-likeness (QED) is 0.317. The Labute approximate surface area is 188 Å². The van der Waals surface area contributed by atoms with E-state index in [1.165, 1.54) is 12.1 Å². The summed E-state index contributed by atoms with van der Waals surface area (Å²) in [6.45, 7) is 0.356. The molecule has 1 amide bonds. The molecule has 0 aliphatic heterocycles. The highest BCUT2D eigenvalue weighted by Crippen LogP contribution is 2.44. The predicted molar refractivity (Wildman–Crippen MR) is 122 cm³/mol. The van der Waals surface area contributed by atoms with E-state index in [9.17, 15) is 14.9 Å². The van der Waals surface area contributed by atoms with Gasteiger partial charge in [0.1, 0.15) is 11.8 Å². The molecule has 0 unspecified atom stereocenters. The lowest BCUT2D eigenvalue weighted by Crippen LogP contribution is -2.26. The van der Waals surface area contributed by atoms with Gasteiger partial charge in [-0.3, -0.25) is 10.1 Å². The number of nitro groups is 1. The van der Waals surface area contributed by atoms with Crippen molar-refractivity contribution < 1.29 is 14.5 Å². The first-order valence-corrected chi connectivity index (χ1v) is 10.2. The Morgan fingerprint density at radius 3 is 2.44 bits per heavy atom. The van der Waals surface area contributed by atoms with Crippen molar-refractivity contribution in [1.29, 1.82) is 0 Å². The van der Waals surface area contributed by atoms with Crippen molar-refractivity contribution in [3.05, 3.63) is 92.6 Å². The number of nitrogen functional groups attached to an aromatic ring is 1. The maximum Gasteiger partial charge on any atom is 0.407 e. The fourth-order valence-electron chi connectivity index (χ4n) is 3.75. The fraction of sp³-hybridized carbons (Fsp3) is 0.130. The van der Waals surface area contributed by atoms with Crippen LogP contribution in [0.5, 0.6) is 0 Å². The Balaban J connectivity index is 1.35. The van der Waals surface area contributed by atoms with Crippen molar-refractivity contribution in [3.63, 3.8) is 0 Å². The Morgan fingerprint density at radius 2 is 1.81 bits per heavy atom. The number of nitrogens with two attached hydrogens (primary N) is 1. The molecule has 4 rings (SSSR count). The van der Waals surface area contributed by atoms with Gasteiger partial charge >= 0.3 is 11.8 Å². The van der Waals surface area contributed by atoms with Gasteiger partial charge < -0.3 is 15.8 Å². The molecule has 3 aromatic rings. The standard InChI is InChI=1S/C23H19ClN4O4/c24-21-14(12-20(28(30)31)22(25)27-21)6-5-11-26-23(29)32-13-19-17-9-3-1-7-15(17)16-8-2-4-10-18(16)19/h1-10,12,19H,11,13H2,(H2,25,27)(H,26,29). The summed E-state index contributed by atoms with van der Waals surface area (Å²) in [5.74, 6) is -0.280. The summed E-state index contributed by atoms with van der Waals surface area (Å²) in [6, 6.07) is 17.4. The lowest BCUT2D eigenvalue weighted by molar-refractivity contribution is -0.384. The molecule has 1 aliphatic rings. The van der Waals surface area contributed by atoms with Crippen LogP contribution in [0.2, 0.25) is 5.15 Å². The van der Waals surface area contributed by atoms with E-state index in [0.29, 0.717) is 5.56 Å². The molecule has 162 valence electrons. The fourth-order valence-corrected chi connectivity index (χ4v) is 3.96. The smallest absolute Gasteiger partial charge is 0.407 e. The van der Waals surface area contributed by atoms with Gasteiger partial charge in [-0.15, -0.1) is 0 Å². The van der Waals surface area contributed by atoms with Gasteiger partial charge in [0.15, 0.2) is 0 Å². The Hall–Kier alpha value is -3.91. The zero-order valence-electron chi connectivity index (χ0n) is 16.8. The summed E-state index contributed by atoms with van der Waals surface area (Å²) >= 11 is 5.98. The van der Waals surface area contributed by atoms with Crippen molar-refractivity contribution in [2.24, 2.45) is 0 Å². The monoisotopic (exact) mass is 450 g/mol. The van der Waals surface area contributed by atoms with E-state index in [0.717, 1.165) is 22.3 Å². The largest absolute Gasteiger partial charge is 0.449 e. The van der Waals surface area contributed by atoms with Gasteiger partial charge in [0.2, 0.25) is 5.82 Å². The minimum atomic E-state index is -0.634. The molecule has 0 spiro atoms. The topological polar surface area (TPSA) is 120 Å². The van der Waals surface area contributed by atoms with Gasteiger partial charge in [-0.05, 0) is 22.3 Å². The summed E-state index contributed by atoms with van der Waals surface area (Å²) in [5, 5.41) is 13.6.